The molecule has 1 aromatic rings. The maximum absolute atomic E-state index is 12.0. The number of sulfonamides is 1. The van der Waals surface area contributed by atoms with E-state index in [-0.39, 0.29) is 12.4 Å². The van der Waals surface area contributed by atoms with Gasteiger partial charge in [-0.25, -0.2) is 13.1 Å². The molecule has 1 unspecified atom stereocenters. The lowest BCUT2D eigenvalue weighted by molar-refractivity contribution is 0.240. The summed E-state index contributed by atoms with van der Waals surface area (Å²) in [4.78, 5) is 0. The lowest BCUT2D eigenvalue weighted by atomic mass is 10.1. The molecule has 0 spiro atoms. The number of aryl methyl sites for hydroxylation is 1. The van der Waals surface area contributed by atoms with Gasteiger partial charge in [0, 0.05) is 6.04 Å². The van der Waals surface area contributed by atoms with Crippen LogP contribution in [0.25, 0.3) is 0 Å². The molecule has 1 aromatic carbocycles. The Morgan fingerprint density at radius 3 is 2.53 bits per heavy atom. The third-order valence-corrected chi connectivity index (χ3v) is 4.17. The summed E-state index contributed by atoms with van der Waals surface area (Å²) in [5, 5.41) is 9.22. The quantitative estimate of drug-likeness (QED) is 0.803. The number of hydrogen-bond donors (Lipinski definition) is 2. The molecule has 0 aromatic heterocycles. The molecule has 0 amide bonds. The molecule has 0 saturated heterocycles. The largest absolute Gasteiger partial charge is 0.395 e. The van der Waals surface area contributed by atoms with Crippen molar-refractivity contribution in [3.63, 3.8) is 0 Å². The van der Waals surface area contributed by atoms with Gasteiger partial charge in [-0.05, 0) is 24.8 Å². The summed E-state index contributed by atoms with van der Waals surface area (Å²) in [7, 11) is -3.42. The van der Waals surface area contributed by atoms with Crippen molar-refractivity contribution in [3.05, 3.63) is 35.4 Å². The van der Waals surface area contributed by atoms with Crippen LogP contribution >= 0.6 is 0 Å². The fourth-order valence-electron chi connectivity index (χ4n) is 2.05. The smallest absolute Gasteiger partial charge is 0.216 e. The van der Waals surface area contributed by atoms with Gasteiger partial charge in [-0.3, -0.25) is 0 Å². The topological polar surface area (TPSA) is 66.4 Å². The van der Waals surface area contributed by atoms with E-state index in [1.807, 2.05) is 39.0 Å². The van der Waals surface area contributed by atoms with Crippen LogP contribution in [0, 0.1) is 12.8 Å². The Kier molecular flexibility index (Phi) is 5.97. The number of aliphatic hydroxyl groups excluding tert-OH is 1. The van der Waals surface area contributed by atoms with Crippen LogP contribution in [0.1, 0.15) is 31.4 Å². The molecule has 0 aliphatic heterocycles. The Morgan fingerprint density at radius 2 is 2.00 bits per heavy atom. The van der Waals surface area contributed by atoms with Crippen molar-refractivity contribution < 1.29 is 13.5 Å². The molecule has 0 radical (unpaired) electrons. The zero-order valence-corrected chi connectivity index (χ0v) is 12.6. The molecule has 0 bridgehead atoms. The van der Waals surface area contributed by atoms with E-state index in [0.717, 1.165) is 11.1 Å². The molecule has 0 heterocycles. The molecule has 19 heavy (non-hydrogen) atoms. The molecule has 0 aliphatic carbocycles. The van der Waals surface area contributed by atoms with Crippen LogP contribution in [0.2, 0.25) is 0 Å². The number of benzene rings is 1. The normalized spacial score (nSPS) is 13.7. The van der Waals surface area contributed by atoms with Gasteiger partial charge >= 0.3 is 0 Å². The average molecular weight is 285 g/mol. The summed E-state index contributed by atoms with van der Waals surface area (Å²) >= 11 is 0. The van der Waals surface area contributed by atoms with Crippen LogP contribution in [0.4, 0.5) is 0 Å². The van der Waals surface area contributed by atoms with Crippen molar-refractivity contribution in [2.45, 2.75) is 39.0 Å². The average Bonchev–Trinajstić information content (AvgIpc) is 2.26. The zero-order chi connectivity index (χ0) is 14.5. The first kappa shape index (κ1) is 16.1. The number of nitrogens with one attached hydrogen (secondary N) is 1. The Morgan fingerprint density at radius 1 is 1.32 bits per heavy atom. The lowest BCUT2D eigenvalue weighted by Gasteiger charge is -2.18. The van der Waals surface area contributed by atoms with Crippen LogP contribution < -0.4 is 4.72 Å². The van der Waals surface area contributed by atoms with Crippen LogP contribution in [0.5, 0.6) is 0 Å². The van der Waals surface area contributed by atoms with Crippen molar-refractivity contribution >= 4 is 10.0 Å². The van der Waals surface area contributed by atoms with E-state index in [9.17, 15) is 13.5 Å². The summed E-state index contributed by atoms with van der Waals surface area (Å²) in [6.07, 6.45) is 0.629. The molecule has 1 atom stereocenters. The Balaban J connectivity index is 2.70. The molecule has 5 heteroatoms. The summed E-state index contributed by atoms with van der Waals surface area (Å²) in [6.45, 7) is 5.75. The minimum absolute atomic E-state index is 0.0523. The second-order valence-electron chi connectivity index (χ2n) is 5.38. The van der Waals surface area contributed by atoms with Gasteiger partial charge < -0.3 is 5.11 Å². The minimum atomic E-state index is -3.42. The van der Waals surface area contributed by atoms with Gasteiger partial charge in [0.2, 0.25) is 10.0 Å². The molecule has 1 rings (SSSR count). The molecule has 0 aliphatic rings. The zero-order valence-electron chi connectivity index (χ0n) is 11.8. The highest BCUT2D eigenvalue weighted by Crippen LogP contribution is 2.10. The maximum Gasteiger partial charge on any atom is 0.216 e. The summed E-state index contributed by atoms with van der Waals surface area (Å²) in [5.74, 6) is 0.280. The van der Waals surface area contributed by atoms with Crippen molar-refractivity contribution in [3.8, 4) is 0 Å². The fraction of sp³-hybridized carbons (Fsp3) is 0.571. The predicted molar refractivity (Wildman–Crippen MR) is 77.3 cm³/mol. The molecule has 4 nitrogen and oxygen atoms in total. The highest BCUT2D eigenvalue weighted by molar-refractivity contribution is 7.88. The van der Waals surface area contributed by atoms with Crippen molar-refractivity contribution in [1.82, 2.24) is 4.72 Å². The predicted octanol–water partition coefficient (Wildman–Crippen LogP) is 1.82. The van der Waals surface area contributed by atoms with Crippen molar-refractivity contribution in [2.75, 3.05) is 6.61 Å². The number of rotatable bonds is 7. The van der Waals surface area contributed by atoms with Gasteiger partial charge in [-0.15, -0.1) is 0 Å². The van der Waals surface area contributed by atoms with E-state index in [1.54, 1.807) is 6.07 Å². The van der Waals surface area contributed by atoms with Gasteiger partial charge in [0.15, 0.2) is 0 Å². The summed E-state index contributed by atoms with van der Waals surface area (Å²) in [5.41, 5.74) is 1.79. The highest BCUT2D eigenvalue weighted by Gasteiger charge is 2.18. The van der Waals surface area contributed by atoms with E-state index in [1.165, 1.54) is 0 Å². The molecule has 0 fully saturated rings. The van der Waals surface area contributed by atoms with E-state index in [0.29, 0.717) is 12.3 Å². The van der Waals surface area contributed by atoms with E-state index in [4.69, 9.17) is 0 Å². The first-order chi connectivity index (χ1) is 8.82. The molecule has 2 N–H and O–H groups in total. The first-order valence-corrected chi connectivity index (χ1v) is 8.14. The Hall–Kier alpha value is -0.910. The molecule has 108 valence electrons. The van der Waals surface area contributed by atoms with Crippen molar-refractivity contribution in [2.24, 2.45) is 5.92 Å². The van der Waals surface area contributed by atoms with Crippen molar-refractivity contribution in [1.29, 1.82) is 0 Å². The number of aliphatic hydroxyl groups is 1. The molecule has 0 saturated carbocycles. The second-order valence-corrected chi connectivity index (χ2v) is 7.13. The van der Waals surface area contributed by atoms with Gasteiger partial charge in [0.1, 0.15) is 0 Å². The Labute approximate surface area is 115 Å². The molecular formula is C14H23NO3S. The minimum Gasteiger partial charge on any atom is -0.395 e. The van der Waals surface area contributed by atoms with E-state index in [2.05, 4.69) is 4.72 Å². The van der Waals surface area contributed by atoms with Gasteiger partial charge in [0.05, 0.1) is 12.4 Å². The van der Waals surface area contributed by atoms with E-state index < -0.39 is 16.1 Å². The monoisotopic (exact) mass is 285 g/mol. The summed E-state index contributed by atoms with van der Waals surface area (Å²) < 4.78 is 26.6. The third kappa shape index (κ3) is 6.18. The van der Waals surface area contributed by atoms with Crippen LogP contribution in [0.3, 0.4) is 0 Å². The van der Waals surface area contributed by atoms with Crippen LogP contribution in [0.15, 0.2) is 24.3 Å². The number of hydrogen-bond acceptors (Lipinski definition) is 3. The fourth-order valence-corrected chi connectivity index (χ4v) is 3.43. The SMILES string of the molecule is Cc1cccc(CS(=O)(=O)NC(CO)CC(C)C)c1. The second kappa shape index (κ2) is 7.03. The van der Waals surface area contributed by atoms with Crippen LogP contribution in [-0.4, -0.2) is 26.2 Å². The van der Waals surface area contributed by atoms with E-state index >= 15 is 0 Å². The van der Waals surface area contributed by atoms with Gasteiger partial charge in [-0.2, -0.15) is 0 Å². The standard InChI is InChI=1S/C14H23NO3S/c1-11(2)7-14(9-16)15-19(17,18)10-13-6-4-5-12(3)8-13/h4-6,8,11,14-16H,7,9-10H2,1-3H3. The summed E-state index contributed by atoms with van der Waals surface area (Å²) in [6, 6.07) is 7.02. The van der Waals surface area contributed by atoms with Crippen LogP contribution in [-0.2, 0) is 15.8 Å². The first-order valence-electron chi connectivity index (χ1n) is 6.49. The lowest BCUT2D eigenvalue weighted by Crippen LogP contribution is -2.39. The third-order valence-electron chi connectivity index (χ3n) is 2.76. The Bertz CT molecular complexity index is 497. The molecular weight excluding hydrogens is 262 g/mol. The van der Waals surface area contributed by atoms with Gasteiger partial charge in [-0.1, -0.05) is 43.7 Å². The maximum atomic E-state index is 12.0. The highest BCUT2D eigenvalue weighted by atomic mass is 32.2. The van der Waals surface area contributed by atoms with Gasteiger partial charge in [0.25, 0.3) is 0 Å².